The van der Waals surface area contributed by atoms with Gasteiger partial charge in [-0.3, -0.25) is 0 Å². The number of hydrogen-bond donors (Lipinski definition) is 0. The molecule has 1 aliphatic rings. The molecule has 1 aromatic carbocycles. The fourth-order valence-electron chi connectivity index (χ4n) is 2.54. The third kappa shape index (κ3) is 3.33. The van der Waals surface area contributed by atoms with Crippen molar-refractivity contribution in [2.75, 3.05) is 0 Å². The van der Waals surface area contributed by atoms with Gasteiger partial charge in [0.1, 0.15) is 5.82 Å². The van der Waals surface area contributed by atoms with Crippen molar-refractivity contribution in [2.45, 2.75) is 44.9 Å². The first kappa shape index (κ1) is 10.7. The molecule has 0 amide bonds. The molecule has 0 saturated heterocycles. The molecule has 0 spiro atoms. The minimum atomic E-state index is -0.101. The molecule has 0 aromatic heterocycles. The van der Waals surface area contributed by atoms with Crippen molar-refractivity contribution >= 4 is 0 Å². The van der Waals surface area contributed by atoms with Crippen molar-refractivity contribution in [3.05, 3.63) is 35.6 Å². The lowest BCUT2D eigenvalue weighted by Gasteiger charge is -2.21. The minimum Gasteiger partial charge on any atom is -0.207 e. The Morgan fingerprint density at radius 2 is 1.93 bits per heavy atom. The van der Waals surface area contributed by atoms with Gasteiger partial charge in [-0.05, 0) is 36.5 Å². The SMILES string of the molecule is Fc1cccc(CCC2CCCCC2)c1. The van der Waals surface area contributed by atoms with Gasteiger partial charge < -0.3 is 0 Å². The molecule has 0 heterocycles. The van der Waals surface area contributed by atoms with E-state index < -0.39 is 0 Å². The number of benzene rings is 1. The lowest BCUT2D eigenvalue weighted by molar-refractivity contribution is 0.339. The summed E-state index contributed by atoms with van der Waals surface area (Å²) in [5.41, 5.74) is 1.15. The number of halogens is 1. The summed E-state index contributed by atoms with van der Waals surface area (Å²) in [7, 11) is 0. The summed E-state index contributed by atoms with van der Waals surface area (Å²) >= 11 is 0. The lowest BCUT2D eigenvalue weighted by atomic mass is 9.85. The smallest absolute Gasteiger partial charge is 0.123 e. The van der Waals surface area contributed by atoms with E-state index in [1.165, 1.54) is 44.6 Å². The molecule has 1 saturated carbocycles. The van der Waals surface area contributed by atoms with E-state index in [1.807, 2.05) is 12.1 Å². The summed E-state index contributed by atoms with van der Waals surface area (Å²) in [6, 6.07) is 7.03. The summed E-state index contributed by atoms with van der Waals surface area (Å²) in [4.78, 5) is 0. The molecule has 2 rings (SSSR count). The molecule has 0 N–H and O–H groups in total. The van der Waals surface area contributed by atoms with E-state index in [0.717, 1.165) is 17.9 Å². The zero-order valence-corrected chi connectivity index (χ0v) is 9.21. The Morgan fingerprint density at radius 3 is 2.67 bits per heavy atom. The maximum absolute atomic E-state index is 12.9. The Morgan fingerprint density at radius 1 is 1.13 bits per heavy atom. The van der Waals surface area contributed by atoms with Crippen LogP contribution >= 0.6 is 0 Å². The molecule has 0 nitrogen and oxygen atoms in total. The summed E-state index contributed by atoms with van der Waals surface area (Å²) in [6.45, 7) is 0. The second kappa shape index (κ2) is 5.29. The Kier molecular flexibility index (Phi) is 3.76. The predicted molar refractivity (Wildman–Crippen MR) is 61.3 cm³/mol. The molecule has 0 bridgehead atoms. The fourth-order valence-corrected chi connectivity index (χ4v) is 2.54. The van der Waals surface area contributed by atoms with E-state index >= 15 is 0 Å². The van der Waals surface area contributed by atoms with Gasteiger partial charge in [-0.1, -0.05) is 44.2 Å². The van der Waals surface area contributed by atoms with Gasteiger partial charge in [-0.15, -0.1) is 0 Å². The van der Waals surface area contributed by atoms with Crippen LogP contribution in [-0.4, -0.2) is 0 Å². The fraction of sp³-hybridized carbons (Fsp3) is 0.571. The highest BCUT2D eigenvalue weighted by atomic mass is 19.1. The van der Waals surface area contributed by atoms with Gasteiger partial charge in [0.05, 0.1) is 0 Å². The molecule has 15 heavy (non-hydrogen) atoms. The predicted octanol–water partition coefficient (Wildman–Crippen LogP) is 4.34. The molecular formula is C14H19F. The van der Waals surface area contributed by atoms with Crippen molar-refractivity contribution < 1.29 is 4.39 Å². The van der Waals surface area contributed by atoms with Crippen LogP contribution in [0.1, 0.15) is 44.1 Å². The van der Waals surface area contributed by atoms with Gasteiger partial charge in [-0.2, -0.15) is 0 Å². The highest BCUT2D eigenvalue weighted by Crippen LogP contribution is 2.27. The van der Waals surface area contributed by atoms with E-state index in [9.17, 15) is 4.39 Å². The molecule has 1 aromatic rings. The van der Waals surface area contributed by atoms with Gasteiger partial charge >= 0.3 is 0 Å². The average Bonchev–Trinajstić information content (AvgIpc) is 2.28. The Hall–Kier alpha value is -0.850. The summed E-state index contributed by atoms with van der Waals surface area (Å²) < 4.78 is 12.9. The van der Waals surface area contributed by atoms with Gasteiger partial charge in [0.15, 0.2) is 0 Å². The van der Waals surface area contributed by atoms with Gasteiger partial charge in [0.25, 0.3) is 0 Å². The highest BCUT2D eigenvalue weighted by molar-refractivity contribution is 5.16. The van der Waals surface area contributed by atoms with Crippen LogP contribution in [0.15, 0.2) is 24.3 Å². The molecule has 1 heteroatoms. The van der Waals surface area contributed by atoms with Crippen LogP contribution in [0.3, 0.4) is 0 Å². The first-order valence-electron chi connectivity index (χ1n) is 6.09. The van der Waals surface area contributed by atoms with E-state index in [-0.39, 0.29) is 5.82 Å². The Labute approximate surface area is 91.5 Å². The zero-order chi connectivity index (χ0) is 10.5. The van der Waals surface area contributed by atoms with Crippen LogP contribution in [0, 0.1) is 11.7 Å². The van der Waals surface area contributed by atoms with Crippen LogP contribution in [-0.2, 0) is 6.42 Å². The second-order valence-electron chi connectivity index (χ2n) is 4.67. The summed E-state index contributed by atoms with van der Waals surface area (Å²) in [5, 5.41) is 0. The van der Waals surface area contributed by atoms with Crippen LogP contribution < -0.4 is 0 Å². The number of aryl methyl sites for hydroxylation is 1. The van der Waals surface area contributed by atoms with Crippen LogP contribution in [0.25, 0.3) is 0 Å². The quantitative estimate of drug-likeness (QED) is 0.690. The molecule has 0 unspecified atom stereocenters. The Bertz CT molecular complexity index is 300. The monoisotopic (exact) mass is 206 g/mol. The van der Waals surface area contributed by atoms with Gasteiger partial charge in [-0.25, -0.2) is 4.39 Å². The van der Waals surface area contributed by atoms with E-state index in [4.69, 9.17) is 0 Å². The Balaban J connectivity index is 1.81. The maximum Gasteiger partial charge on any atom is 0.123 e. The van der Waals surface area contributed by atoms with Crippen LogP contribution in [0.4, 0.5) is 4.39 Å². The topological polar surface area (TPSA) is 0 Å². The van der Waals surface area contributed by atoms with E-state index in [2.05, 4.69) is 0 Å². The normalized spacial score (nSPS) is 17.9. The van der Waals surface area contributed by atoms with Crippen LogP contribution in [0.2, 0.25) is 0 Å². The van der Waals surface area contributed by atoms with Crippen molar-refractivity contribution in [2.24, 2.45) is 5.92 Å². The average molecular weight is 206 g/mol. The number of hydrogen-bond acceptors (Lipinski definition) is 0. The van der Waals surface area contributed by atoms with Crippen molar-refractivity contribution in [1.82, 2.24) is 0 Å². The molecule has 0 atom stereocenters. The van der Waals surface area contributed by atoms with E-state index in [0.29, 0.717) is 0 Å². The number of rotatable bonds is 3. The third-order valence-electron chi connectivity index (χ3n) is 3.46. The standard InChI is InChI=1S/C14H19F/c15-14-8-4-7-13(11-14)10-9-12-5-2-1-3-6-12/h4,7-8,11-12H,1-3,5-6,9-10H2. The molecule has 1 fully saturated rings. The third-order valence-corrected chi connectivity index (χ3v) is 3.46. The molecule has 82 valence electrons. The second-order valence-corrected chi connectivity index (χ2v) is 4.67. The first-order chi connectivity index (χ1) is 7.34. The van der Waals surface area contributed by atoms with Crippen molar-refractivity contribution in [3.63, 3.8) is 0 Å². The van der Waals surface area contributed by atoms with Crippen LogP contribution in [0.5, 0.6) is 0 Å². The molecule has 0 radical (unpaired) electrons. The van der Waals surface area contributed by atoms with Crippen molar-refractivity contribution in [3.8, 4) is 0 Å². The first-order valence-corrected chi connectivity index (χ1v) is 6.09. The lowest BCUT2D eigenvalue weighted by Crippen LogP contribution is -2.07. The van der Waals surface area contributed by atoms with Gasteiger partial charge in [0, 0.05) is 0 Å². The largest absolute Gasteiger partial charge is 0.207 e. The molecule has 0 aliphatic heterocycles. The zero-order valence-electron chi connectivity index (χ0n) is 9.21. The summed E-state index contributed by atoms with van der Waals surface area (Å²) in [6.07, 6.45) is 9.26. The maximum atomic E-state index is 12.9. The minimum absolute atomic E-state index is 0.101. The van der Waals surface area contributed by atoms with Crippen molar-refractivity contribution in [1.29, 1.82) is 0 Å². The highest BCUT2D eigenvalue weighted by Gasteiger charge is 2.12. The molecule has 1 aliphatic carbocycles. The molecular weight excluding hydrogens is 187 g/mol. The van der Waals surface area contributed by atoms with Gasteiger partial charge in [0.2, 0.25) is 0 Å². The van der Waals surface area contributed by atoms with E-state index in [1.54, 1.807) is 6.07 Å². The summed E-state index contributed by atoms with van der Waals surface area (Å²) in [5.74, 6) is 0.790.